The van der Waals surface area contributed by atoms with E-state index in [1.807, 2.05) is 24.3 Å². The third-order valence-corrected chi connectivity index (χ3v) is 4.25. The molecule has 0 bridgehead atoms. The summed E-state index contributed by atoms with van der Waals surface area (Å²) < 4.78 is 15.8. The van der Waals surface area contributed by atoms with Crippen LogP contribution in [0.4, 0.5) is 4.39 Å². The van der Waals surface area contributed by atoms with Crippen LogP contribution in [0.3, 0.4) is 0 Å². The highest BCUT2D eigenvalue weighted by Crippen LogP contribution is 2.41. The number of likely N-dealkylation sites (tertiary alicyclic amines) is 1. The smallest absolute Gasteiger partial charge is 0.138 e. The molecule has 0 spiro atoms. The molecule has 1 nitrogen and oxygen atoms in total. The van der Waals surface area contributed by atoms with E-state index in [4.69, 9.17) is 0 Å². The molecule has 1 fully saturated rings. The third-order valence-electron chi connectivity index (χ3n) is 3.56. The Balaban J connectivity index is 2.28. The maximum atomic E-state index is 14.9. The number of halogens is 2. The topological polar surface area (TPSA) is 3.24 Å². The van der Waals surface area contributed by atoms with Crippen LogP contribution in [0.15, 0.2) is 28.7 Å². The van der Waals surface area contributed by atoms with Gasteiger partial charge in [-0.25, -0.2) is 4.39 Å². The standard InChI is InChI=1S/C13H17BrFN/c1-13(15,10-7-8-16(2)9-10)11-5-3-4-6-12(11)14/h3-6,10H,7-9H2,1-2H3. The lowest BCUT2D eigenvalue weighted by Crippen LogP contribution is -2.29. The molecule has 0 N–H and O–H groups in total. The molecule has 3 heteroatoms. The van der Waals surface area contributed by atoms with Gasteiger partial charge in [0.2, 0.25) is 0 Å². The van der Waals surface area contributed by atoms with Gasteiger partial charge in [-0.3, -0.25) is 0 Å². The average Bonchev–Trinajstić information content (AvgIpc) is 2.66. The Morgan fingerprint density at radius 2 is 2.12 bits per heavy atom. The zero-order valence-electron chi connectivity index (χ0n) is 9.71. The summed E-state index contributed by atoms with van der Waals surface area (Å²) in [5, 5.41) is 0. The molecule has 0 amide bonds. The Bertz CT molecular complexity index is 378. The molecule has 1 aromatic rings. The van der Waals surface area contributed by atoms with Gasteiger partial charge in [-0.2, -0.15) is 0 Å². The molecule has 2 atom stereocenters. The van der Waals surface area contributed by atoms with Crippen LogP contribution in [0.25, 0.3) is 0 Å². The monoisotopic (exact) mass is 285 g/mol. The van der Waals surface area contributed by atoms with Crippen LogP contribution in [-0.2, 0) is 5.67 Å². The molecule has 16 heavy (non-hydrogen) atoms. The summed E-state index contributed by atoms with van der Waals surface area (Å²) in [7, 11) is 2.05. The van der Waals surface area contributed by atoms with E-state index in [0.29, 0.717) is 0 Å². The van der Waals surface area contributed by atoms with Crippen molar-refractivity contribution >= 4 is 15.9 Å². The van der Waals surface area contributed by atoms with Crippen LogP contribution in [0.5, 0.6) is 0 Å². The highest BCUT2D eigenvalue weighted by Gasteiger charge is 2.40. The Hall–Kier alpha value is -0.410. The first kappa shape index (κ1) is 12.1. The Morgan fingerprint density at radius 3 is 2.69 bits per heavy atom. The van der Waals surface area contributed by atoms with E-state index in [9.17, 15) is 4.39 Å². The summed E-state index contributed by atoms with van der Waals surface area (Å²) in [5.41, 5.74) is -0.472. The van der Waals surface area contributed by atoms with Gasteiger partial charge in [-0.1, -0.05) is 34.1 Å². The first-order valence-electron chi connectivity index (χ1n) is 5.64. The number of nitrogens with zero attached hydrogens (tertiary/aromatic N) is 1. The maximum absolute atomic E-state index is 14.9. The molecule has 1 aliphatic rings. The predicted molar refractivity (Wildman–Crippen MR) is 68.2 cm³/mol. The molecule has 1 aromatic carbocycles. The van der Waals surface area contributed by atoms with Crippen LogP contribution >= 0.6 is 15.9 Å². The van der Waals surface area contributed by atoms with Crippen molar-refractivity contribution in [2.75, 3.05) is 20.1 Å². The van der Waals surface area contributed by atoms with E-state index in [0.717, 1.165) is 29.5 Å². The van der Waals surface area contributed by atoms with Crippen molar-refractivity contribution < 1.29 is 4.39 Å². The van der Waals surface area contributed by atoms with Crippen molar-refractivity contribution in [1.29, 1.82) is 0 Å². The first-order valence-corrected chi connectivity index (χ1v) is 6.43. The minimum atomic E-state index is -1.25. The zero-order chi connectivity index (χ0) is 11.8. The Labute approximate surface area is 105 Å². The molecule has 0 aliphatic carbocycles. The lowest BCUT2D eigenvalue weighted by Gasteiger charge is -2.28. The van der Waals surface area contributed by atoms with Crippen molar-refractivity contribution in [3.05, 3.63) is 34.3 Å². The average molecular weight is 286 g/mol. The van der Waals surface area contributed by atoms with Crippen LogP contribution in [0, 0.1) is 5.92 Å². The van der Waals surface area contributed by atoms with Gasteiger partial charge in [-0.15, -0.1) is 0 Å². The summed E-state index contributed by atoms with van der Waals surface area (Å²) in [6.45, 7) is 3.54. The van der Waals surface area contributed by atoms with Crippen LogP contribution in [0.1, 0.15) is 18.9 Å². The van der Waals surface area contributed by atoms with Gasteiger partial charge >= 0.3 is 0 Å². The summed E-state index contributed by atoms with van der Waals surface area (Å²) in [5.74, 6) is 0.0937. The van der Waals surface area contributed by atoms with Gasteiger partial charge in [-0.05, 0) is 33.0 Å². The van der Waals surface area contributed by atoms with E-state index in [-0.39, 0.29) is 5.92 Å². The quantitative estimate of drug-likeness (QED) is 0.803. The highest BCUT2D eigenvalue weighted by atomic mass is 79.9. The predicted octanol–water partition coefficient (Wildman–Crippen LogP) is 3.59. The normalized spacial score (nSPS) is 25.6. The molecule has 1 heterocycles. The summed E-state index contributed by atoms with van der Waals surface area (Å²) in [6, 6.07) is 7.61. The second-order valence-corrected chi connectivity index (χ2v) is 5.66. The highest BCUT2D eigenvalue weighted by molar-refractivity contribution is 9.10. The van der Waals surface area contributed by atoms with Gasteiger partial charge < -0.3 is 4.90 Å². The molecule has 0 aromatic heterocycles. The second kappa shape index (κ2) is 4.46. The molecule has 88 valence electrons. The van der Waals surface area contributed by atoms with Gasteiger partial charge in [0.05, 0.1) is 0 Å². The molecule has 0 radical (unpaired) electrons. The molecule has 2 unspecified atom stereocenters. The molecular formula is C13H17BrFN. The summed E-state index contributed by atoms with van der Waals surface area (Å²) in [4.78, 5) is 2.19. The number of benzene rings is 1. The third kappa shape index (κ3) is 2.16. The van der Waals surface area contributed by atoms with Crippen molar-refractivity contribution in [2.24, 2.45) is 5.92 Å². The van der Waals surface area contributed by atoms with Gasteiger partial charge in [0.25, 0.3) is 0 Å². The Morgan fingerprint density at radius 1 is 1.44 bits per heavy atom. The van der Waals surface area contributed by atoms with Gasteiger partial charge in [0, 0.05) is 22.5 Å². The van der Waals surface area contributed by atoms with Gasteiger partial charge in [0.1, 0.15) is 5.67 Å². The van der Waals surface area contributed by atoms with Crippen LogP contribution in [0.2, 0.25) is 0 Å². The first-order chi connectivity index (χ1) is 7.51. The summed E-state index contributed by atoms with van der Waals surface area (Å²) in [6.07, 6.45) is 0.935. The van der Waals surface area contributed by atoms with Crippen molar-refractivity contribution in [3.63, 3.8) is 0 Å². The van der Waals surface area contributed by atoms with Gasteiger partial charge in [0.15, 0.2) is 0 Å². The second-order valence-electron chi connectivity index (χ2n) is 4.80. The SMILES string of the molecule is CN1CCC(C(C)(F)c2ccccc2Br)C1. The van der Waals surface area contributed by atoms with Crippen LogP contribution < -0.4 is 0 Å². The summed E-state index contributed by atoms with van der Waals surface area (Å²) >= 11 is 3.44. The van der Waals surface area contributed by atoms with E-state index in [1.165, 1.54) is 0 Å². The fourth-order valence-corrected chi connectivity index (χ4v) is 3.13. The number of alkyl halides is 1. The molecule has 1 saturated heterocycles. The largest absolute Gasteiger partial charge is 0.306 e. The maximum Gasteiger partial charge on any atom is 0.138 e. The van der Waals surface area contributed by atoms with E-state index in [1.54, 1.807) is 6.92 Å². The minimum absolute atomic E-state index is 0.0937. The lowest BCUT2D eigenvalue weighted by atomic mass is 9.84. The molecule has 2 rings (SSSR count). The fraction of sp³-hybridized carbons (Fsp3) is 0.538. The molecule has 1 aliphatic heterocycles. The number of hydrogen-bond donors (Lipinski definition) is 0. The number of hydrogen-bond acceptors (Lipinski definition) is 1. The van der Waals surface area contributed by atoms with E-state index >= 15 is 0 Å². The van der Waals surface area contributed by atoms with Crippen molar-refractivity contribution in [1.82, 2.24) is 4.90 Å². The van der Waals surface area contributed by atoms with Crippen molar-refractivity contribution in [3.8, 4) is 0 Å². The zero-order valence-corrected chi connectivity index (χ0v) is 11.3. The number of rotatable bonds is 2. The molecular weight excluding hydrogens is 269 g/mol. The molecule has 0 saturated carbocycles. The fourth-order valence-electron chi connectivity index (χ4n) is 2.46. The van der Waals surface area contributed by atoms with Crippen molar-refractivity contribution in [2.45, 2.75) is 19.0 Å². The Kier molecular flexibility index (Phi) is 3.36. The van der Waals surface area contributed by atoms with Crippen LogP contribution in [-0.4, -0.2) is 25.0 Å². The van der Waals surface area contributed by atoms with E-state index in [2.05, 4.69) is 27.9 Å². The lowest BCUT2D eigenvalue weighted by molar-refractivity contribution is 0.105. The van der Waals surface area contributed by atoms with E-state index < -0.39 is 5.67 Å². The minimum Gasteiger partial charge on any atom is -0.306 e.